The minimum Gasteiger partial charge on any atom is -0.376 e. The molecule has 0 saturated carbocycles. The minimum atomic E-state index is -3.22. The van der Waals surface area contributed by atoms with E-state index in [1.54, 1.807) is 12.1 Å². The van der Waals surface area contributed by atoms with E-state index < -0.39 is 9.84 Å². The number of carbonyl (C=O) groups is 1. The molecule has 0 radical (unpaired) electrons. The van der Waals surface area contributed by atoms with E-state index in [0.717, 1.165) is 17.5 Å². The summed E-state index contributed by atoms with van der Waals surface area (Å²) in [6.45, 7) is 2.12. The topological polar surface area (TPSA) is 75.3 Å². The van der Waals surface area contributed by atoms with Crippen molar-refractivity contribution in [3.8, 4) is 0 Å². The van der Waals surface area contributed by atoms with Gasteiger partial charge >= 0.3 is 0 Å². The number of amides is 1. The van der Waals surface area contributed by atoms with Gasteiger partial charge in [-0.3, -0.25) is 4.79 Å². The highest BCUT2D eigenvalue weighted by molar-refractivity contribution is 7.90. The van der Waals surface area contributed by atoms with Crippen molar-refractivity contribution < 1.29 is 13.2 Å². The molecule has 116 valence electrons. The van der Waals surface area contributed by atoms with Crippen LogP contribution >= 0.6 is 0 Å². The lowest BCUT2D eigenvalue weighted by atomic mass is 10.2. The Bertz CT molecular complexity index is 768. The van der Waals surface area contributed by atoms with Crippen molar-refractivity contribution in [1.29, 1.82) is 0 Å². The summed E-state index contributed by atoms with van der Waals surface area (Å²) in [5.74, 6) is -0.200. The zero-order valence-electron chi connectivity index (χ0n) is 12.5. The van der Waals surface area contributed by atoms with Crippen LogP contribution in [0.3, 0.4) is 0 Å². The zero-order valence-corrected chi connectivity index (χ0v) is 13.3. The molecule has 0 aliphatic heterocycles. The van der Waals surface area contributed by atoms with Gasteiger partial charge in [0.2, 0.25) is 5.91 Å². The fraction of sp³-hybridized carbons (Fsp3) is 0.188. The van der Waals surface area contributed by atoms with Crippen molar-refractivity contribution in [2.24, 2.45) is 0 Å². The summed E-state index contributed by atoms with van der Waals surface area (Å²) in [5, 5.41) is 5.74. The van der Waals surface area contributed by atoms with Crippen LogP contribution in [0, 0.1) is 6.92 Å². The second-order valence-electron chi connectivity index (χ2n) is 5.07. The number of hydrogen-bond donors (Lipinski definition) is 2. The quantitative estimate of drug-likeness (QED) is 0.888. The number of hydrogen-bond acceptors (Lipinski definition) is 4. The third-order valence-electron chi connectivity index (χ3n) is 3.04. The molecule has 1 amide bonds. The highest BCUT2D eigenvalue weighted by Gasteiger charge is 2.07. The van der Waals surface area contributed by atoms with Crippen LogP contribution in [0.2, 0.25) is 0 Å². The maximum Gasteiger partial charge on any atom is 0.243 e. The molecule has 0 atom stereocenters. The van der Waals surface area contributed by atoms with Crippen LogP contribution in [0.5, 0.6) is 0 Å². The van der Waals surface area contributed by atoms with Crippen molar-refractivity contribution in [1.82, 2.24) is 0 Å². The number of benzene rings is 2. The Morgan fingerprint density at radius 3 is 2.32 bits per heavy atom. The first-order valence-electron chi connectivity index (χ1n) is 6.75. The predicted molar refractivity (Wildman–Crippen MR) is 87.9 cm³/mol. The Hall–Kier alpha value is -2.34. The van der Waals surface area contributed by atoms with Gasteiger partial charge in [-0.1, -0.05) is 12.1 Å². The summed E-state index contributed by atoms with van der Waals surface area (Å²) in [6, 6.07) is 13.8. The van der Waals surface area contributed by atoms with E-state index >= 15 is 0 Å². The van der Waals surface area contributed by atoms with Gasteiger partial charge in [0.15, 0.2) is 9.84 Å². The van der Waals surface area contributed by atoms with Crippen LogP contribution in [0.4, 0.5) is 11.4 Å². The Balaban J connectivity index is 1.92. The molecular weight excluding hydrogens is 300 g/mol. The smallest absolute Gasteiger partial charge is 0.243 e. The molecular formula is C16H18N2O3S. The monoisotopic (exact) mass is 318 g/mol. The molecule has 2 aromatic carbocycles. The van der Waals surface area contributed by atoms with Gasteiger partial charge in [-0.25, -0.2) is 8.42 Å². The summed E-state index contributed by atoms with van der Waals surface area (Å²) in [4.78, 5) is 12.1. The third-order valence-corrected chi connectivity index (χ3v) is 4.17. The van der Waals surface area contributed by atoms with E-state index in [1.165, 1.54) is 12.1 Å². The fourth-order valence-electron chi connectivity index (χ4n) is 1.93. The third kappa shape index (κ3) is 4.60. The fourth-order valence-corrected chi connectivity index (χ4v) is 2.56. The van der Waals surface area contributed by atoms with Crippen LogP contribution < -0.4 is 10.6 Å². The average molecular weight is 318 g/mol. The van der Waals surface area contributed by atoms with Gasteiger partial charge < -0.3 is 10.6 Å². The van der Waals surface area contributed by atoms with E-state index in [-0.39, 0.29) is 17.3 Å². The number of sulfone groups is 1. The number of carbonyl (C=O) groups excluding carboxylic acids is 1. The molecule has 0 fully saturated rings. The van der Waals surface area contributed by atoms with E-state index in [0.29, 0.717) is 5.69 Å². The maximum absolute atomic E-state index is 11.9. The van der Waals surface area contributed by atoms with Crippen LogP contribution in [0.15, 0.2) is 53.4 Å². The largest absolute Gasteiger partial charge is 0.376 e. The SMILES string of the molecule is Cc1cccc(NCC(=O)Nc2ccc(S(C)(=O)=O)cc2)c1. The van der Waals surface area contributed by atoms with Crippen molar-refractivity contribution in [2.75, 3.05) is 23.4 Å². The van der Waals surface area contributed by atoms with Gasteiger partial charge in [-0.05, 0) is 48.9 Å². The molecule has 0 aromatic heterocycles. The lowest BCUT2D eigenvalue weighted by molar-refractivity contribution is -0.114. The summed E-state index contributed by atoms with van der Waals surface area (Å²) < 4.78 is 22.7. The minimum absolute atomic E-state index is 0.136. The van der Waals surface area contributed by atoms with Crippen LogP contribution in [0.1, 0.15) is 5.56 Å². The molecule has 0 aliphatic rings. The Morgan fingerprint density at radius 2 is 1.73 bits per heavy atom. The Labute approximate surface area is 130 Å². The number of anilines is 2. The Morgan fingerprint density at radius 1 is 1.05 bits per heavy atom. The van der Waals surface area contributed by atoms with Crippen LogP contribution in [-0.2, 0) is 14.6 Å². The second kappa shape index (κ2) is 6.62. The Kier molecular flexibility index (Phi) is 4.82. The van der Waals surface area contributed by atoms with E-state index in [1.807, 2.05) is 31.2 Å². The predicted octanol–water partition coefficient (Wildman–Crippen LogP) is 2.45. The molecule has 0 unspecified atom stereocenters. The van der Waals surface area contributed by atoms with Gasteiger partial charge in [0.1, 0.15) is 0 Å². The molecule has 2 rings (SSSR count). The first-order chi connectivity index (χ1) is 10.3. The second-order valence-corrected chi connectivity index (χ2v) is 7.08. The van der Waals surface area contributed by atoms with Crippen molar-refractivity contribution >= 4 is 27.1 Å². The molecule has 6 heteroatoms. The zero-order chi connectivity index (χ0) is 16.2. The number of rotatable bonds is 5. The summed E-state index contributed by atoms with van der Waals surface area (Å²) in [5.41, 5.74) is 2.55. The molecule has 2 N–H and O–H groups in total. The molecule has 0 bridgehead atoms. The van der Waals surface area contributed by atoms with Crippen molar-refractivity contribution in [3.05, 3.63) is 54.1 Å². The van der Waals surface area contributed by atoms with E-state index in [9.17, 15) is 13.2 Å². The van der Waals surface area contributed by atoms with Gasteiger partial charge in [0.05, 0.1) is 11.4 Å². The van der Waals surface area contributed by atoms with Gasteiger partial charge in [0.25, 0.3) is 0 Å². The molecule has 5 nitrogen and oxygen atoms in total. The molecule has 0 heterocycles. The molecule has 0 aliphatic carbocycles. The van der Waals surface area contributed by atoms with Crippen LogP contribution in [-0.4, -0.2) is 27.1 Å². The highest BCUT2D eigenvalue weighted by Crippen LogP contribution is 2.14. The molecule has 0 saturated heterocycles. The van der Waals surface area contributed by atoms with Gasteiger partial charge in [-0.2, -0.15) is 0 Å². The lowest BCUT2D eigenvalue weighted by Crippen LogP contribution is -2.21. The van der Waals surface area contributed by atoms with E-state index in [2.05, 4.69) is 10.6 Å². The standard InChI is InChI=1S/C16H18N2O3S/c1-12-4-3-5-14(10-12)17-11-16(19)18-13-6-8-15(9-7-13)22(2,20)21/h3-10,17H,11H2,1-2H3,(H,18,19). The van der Waals surface area contributed by atoms with Crippen molar-refractivity contribution in [2.45, 2.75) is 11.8 Å². The first kappa shape index (κ1) is 16.0. The van der Waals surface area contributed by atoms with Crippen LogP contribution in [0.25, 0.3) is 0 Å². The molecule has 2 aromatic rings. The molecule has 0 spiro atoms. The first-order valence-corrected chi connectivity index (χ1v) is 8.64. The summed E-state index contributed by atoms with van der Waals surface area (Å²) in [6.07, 6.45) is 1.15. The lowest BCUT2D eigenvalue weighted by Gasteiger charge is -2.08. The maximum atomic E-state index is 11.9. The summed E-state index contributed by atoms with van der Waals surface area (Å²) >= 11 is 0. The normalized spacial score (nSPS) is 11.0. The highest BCUT2D eigenvalue weighted by atomic mass is 32.2. The van der Waals surface area contributed by atoms with E-state index in [4.69, 9.17) is 0 Å². The van der Waals surface area contributed by atoms with Gasteiger partial charge in [0, 0.05) is 17.6 Å². The average Bonchev–Trinajstić information content (AvgIpc) is 2.45. The van der Waals surface area contributed by atoms with Gasteiger partial charge in [-0.15, -0.1) is 0 Å². The summed E-state index contributed by atoms with van der Waals surface area (Å²) in [7, 11) is -3.22. The number of nitrogens with one attached hydrogen (secondary N) is 2. The molecule has 22 heavy (non-hydrogen) atoms. The number of aryl methyl sites for hydroxylation is 1. The van der Waals surface area contributed by atoms with Crippen molar-refractivity contribution in [3.63, 3.8) is 0 Å².